The predicted octanol–water partition coefficient (Wildman–Crippen LogP) is 4.55. The van der Waals surface area contributed by atoms with Crippen molar-refractivity contribution in [3.63, 3.8) is 0 Å². The number of aromatic nitrogens is 2. The molecule has 3 nitrogen and oxygen atoms in total. The SMILES string of the molecule is c1cn(C2CCCC2)c(NC2CCCc3sccc32)n1. The van der Waals surface area contributed by atoms with Gasteiger partial charge in [-0.25, -0.2) is 4.98 Å². The van der Waals surface area contributed by atoms with E-state index in [0.29, 0.717) is 12.1 Å². The third kappa shape index (κ3) is 2.16. The van der Waals surface area contributed by atoms with Gasteiger partial charge in [-0.15, -0.1) is 11.3 Å². The molecule has 0 aliphatic heterocycles. The average Bonchev–Trinajstić information content (AvgIpc) is 3.20. The van der Waals surface area contributed by atoms with E-state index in [2.05, 4.69) is 32.5 Å². The van der Waals surface area contributed by atoms with Crippen molar-refractivity contribution in [1.29, 1.82) is 0 Å². The lowest BCUT2D eigenvalue weighted by Crippen LogP contribution is -2.19. The molecule has 1 atom stereocenters. The molecule has 1 fully saturated rings. The smallest absolute Gasteiger partial charge is 0.203 e. The monoisotopic (exact) mass is 287 g/mol. The van der Waals surface area contributed by atoms with Crippen molar-refractivity contribution in [2.24, 2.45) is 0 Å². The van der Waals surface area contributed by atoms with Crippen LogP contribution in [-0.4, -0.2) is 9.55 Å². The standard InChI is InChI=1S/C16H21N3S/c1-2-5-12(4-1)19-10-9-17-16(19)18-14-6-3-7-15-13(14)8-11-20-15/h8-12,14H,1-7H2,(H,17,18). The maximum atomic E-state index is 4.57. The van der Waals surface area contributed by atoms with Gasteiger partial charge in [-0.2, -0.15) is 0 Å². The maximum absolute atomic E-state index is 4.57. The number of nitrogens with one attached hydrogen (secondary N) is 1. The first-order valence-corrected chi connectivity index (χ1v) is 8.65. The number of rotatable bonds is 3. The van der Waals surface area contributed by atoms with E-state index in [1.165, 1.54) is 50.5 Å². The topological polar surface area (TPSA) is 29.9 Å². The van der Waals surface area contributed by atoms with E-state index in [9.17, 15) is 0 Å². The van der Waals surface area contributed by atoms with Crippen LogP contribution >= 0.6 is 11.3 Å². The van der Waals surface area contributed by atoms with Crippen molar-refractivity contribution in [2.45, 2.75) is 57.0 Å². The Hall–Kier alpha value is -1.29. The lowest BCUT2D eigenvalue weighted by atomic mass is 9.94. The van der Waals surface area contributed by atoms with E-state index in [4.69, 9.17) is 0 Å². The number of imidazole rings is 1. The van der Waals surface area contributed by atoms with E-state index in [1.807, 2.05) is 17.5 Å². The minimum Gasteiger partial charge on any atom is -0.349 e. The van der Waals surface area contributed by atoms with Crippen LogP contribution in [-0.2, 0) is 6.42 Å². The first-order valence-electron chi connectivity index (χ1n) is 7.77. The van der Waals surface area contributed by atoms with Crippen LogP contribution in [0.3, 0.4) is 0 Å². The molecule has 4 rings (SSSR count). The molecule has 2 heterocycles. The highest BCUT2D eigenvalue weighted by atomic mass is 32.1. The van der Waals surface area contributed by atoms with Crippen molar-refractivity contribution < 1.29 is 0 Å². The van der Waals surface area contributed by atoms with Crippen LogP contribution in [0.5, 0.6) is 0 Å². The van der Waals surface area contributed by atoms with E-state index in [0.717, 1.165) is 5.95 Å². The molecule has 2 aliphatic rings. The molecule has 106 valence electrons. The molecule has 2 aliphatic carbocycles. The van der Waals surface area contributed by atoms with Gasteiger partial charge in [-0.1, -0.05) is 12.8 Å². The number of anilines is 1. The van der Waals surface area contributed by atoms with Crippen LogP contribution in [0.15, 0.2) is 23.8 Å². The summed E-state index contributed by atoms with van der Waals surface area (Å²) < 4.78 is 2.37. The minimum atomic E-state index is 0.451. The first-order chi connectivity index (χ1) is 9.92. The number of aryl methyl sites for hydroxylation is 1. The van der Waals surface area contributed by atoms with Crippen LogP contribution in [0.2, 0.25) is 0 Å². The van der Waals surface area contributed by atoms with Gasteiger partial charge in [0.05, 0.1) is 6.04 Å². The van der Waals surface area contributed by atoms with Crippen LogP contribution in [0.1, 0.15) is 61.0 Å². The highest BCUT2D eigenvalue weighted by molar-refractivity contribution is 7.10. The second-order valence-electron chi connectivity index (χ2n) is 5.98. The summed E-state index contributed by atoms with van der Waals surface area (Å²) in [6, 6.07) is 3.40. The lowest BCUT2D eigenvalue weighted by Gasteiger charge is -2.25. The molecular formula is C16H21N3S. The predicted molar refractivity (Wildman–Crippen MR) is 83.4 cm³/mol. The summed E-state index contributed by atoms with van der Waals surface area (Å²) in [5.41, 5.74) is 1.50. The second kappa shape index (κ2) is 5.24. The average molecular weight is 287 g/mol. The zero-order chi connectivity index (χ0) is 13.4. The minimum absolute atomic E-state index is 0.451. The Morgan fingerprint density at radius 3 is 3.00 bits per heavy atom. The Bertz CT molecular complexity index is 580. The van der Waals surface area contributed by atoms with E-state index in [1.54, 1.807) is 4.88 Å². The fraction of sp³-hybridized carbons (Fsp3) is 0.562. The Kier molecular flexibility index (Phi) is 3.26. The molecule has 0 spiro atoms. The summed E-state index contributed by atoms with van der Waals surface area (Å²) in [5.74, 6) is 1.07. The van der Waals surface area contributed by atoms with Crippen LogP contribution in [0, 0.1) is 0 Å². The number of nitrogens with zero attached hydrogens (tertiary/aromatic N) is 2. The van der Waals surface area contributed by atoms with Gasteiger partial charge in [-0.05, 0) is 49.1 Å². The van der Waals surface area contributed by atoms with Gasteiger partial charge in [-0.3, -0.25) is 0 Å². The van der Waals surface area contributed by atoms with Crippen molar-refractivity contribution in [3.05, 3.63) is 34.3 Å². The summed E-state index contributed by atoms with van der Waals surface area (Å²) in [6.07, 6.45) is 13.2. The number of hydrogen-bond acceptors (Lipinski definition) is 3. The van der Waals surface area contributed by atoms with E-state index >= 15 is 0 Å². The molecule has 0 bridgehead atoms. The van der Waals surface area contributed by atoms with Crippen molar-refractivity contribution in [1.82, 2.24) is 9.55 Å². The van der Waals surface area contributed by atoms with Crippen LogP contribution < -0.4 is 5.32 Å². The van der Waals surface area contributed by atoms with Gasteiger partial charge >= 0.3 is 0 Å². The summed E-state index contributed by atoms with van der Waals surface area (Å²) in [4.78, 5) is 6.13. The third-order valence-corrected chi connectivity index (χ3v) is 5.74. The van der Waals surface area contributed by atoms with Gasteiger partial charge in [0, 0.05) is 23.3 Å². The zero-order valence-electron chi connectivity index (χ0n) is 11.7. The maximum Gasteiger partial charge on any atom is 0.203 e. The normalized spacial score (nSPS) is 22.9. The Balaban J connectivity index is 1.57. The van der Waals surface area contributed by atoms with Crippen molar-refractivity contribution in [3.8, 4) is 0 Å². The molecule has 1 saturated carbocycles. The summed E-state index contributed by atoms with van der Waals surface area (Å²) in [5, 5.41) is 5.94. The molecule has 2 aromatic heterocycles. The Labute approximate surface area is 124 Å². The van der Waals surface area contributed by atoms with Crippen LogP contribution in [0.4, 0.5) is 5.95 Å². The van der Waals surface area contributed by atoms with Gasteiger partial charge in [0.25, 0.3) is 0 Å². The zero-order valence-corrected chi connectivity index (χ0v) is 12.5. The molecule has 0 amide bonds. The van der Waals surface area contributed by atoms with Gasteiger partial charge in [0.15, 0.2) is 0 Å². The molecule has 4 heteroatoms. The van der Waals surface area contributed by atoms with E-state index in [-0.39, 0.29) is 0 Å². The first kappa shape index (κ1) is 12.5. The molecule has 0 radical (unpaired) electrons. The van der Waals surface area contributed by atoms with Crippen molar-refractivity contribution in [2.75, 3.05) is 5.32 Å². The van der Waals surface area contributed by atoms with Gasteiger partial charge < -0.3 is 9.88 Å². The number of fused-ring (bicyclic) bond motifs is 1. The molecule has 1 N–H and O–H groups in total. The Morgan fingerprint density at radius 2 is 2.10 bits per heavy atom. The number of thiophene rings is 1. The fourth-order valence-electron chi connectivity index (χ4n) is 3.69. The lowest BCUT2D eigenvalue weighted by molar-refractivity contribution is 0.515. The molecule has 0 saturated heterocycles. The van der Waals surface area contributed by atoms with Gasteiger partial charge in [0.2, 0.25) is 5.95 Å². The molecule has 2 aromatic rings. The van der Waals surface area contributed by atoms with Crippen LogP contribution in [0.25, 0.3) is 0 Å². The third-order valence-electron chi connectivity index (χ3n) is 4.74. The van der Waals surface area contributed by atoms with E-state index < -0.39 is 0 Å². The molecular weight excluding hydrogens is 266 g/mol. The largest absolute Gasteiger partial charge is 0.349 e. The van der Waals surface area contributed by atoms with Gasteiger partial charge in [0.1, 0.15) is 0 Å². The summed E-state index contributed by atoms with van der Waals surface area (Å²) in [6.45, 7) is 0. The fourth-order valence-corrected chi connectivity index (χ4v) is 4.68. The molecule has 20 heavy (non-hydrogen) atoms. The molecule has 1 unspecified atom stereocenters. The second-order valence-corrected chi connectivity index (χ2v) is 6.99. The molecule has 0 aromatic carbocycles. The Morgan fingerprint density at radius 1 is 1.20 bits per heavy atom. The van der Waals surface area contributed by atoms with Crippen molar-refractivity contribution >= 4 is 17.3 Å². The highest BCUT2D eigenvalue weighted by Gasteiger charge is 2.24. The quantitative estimate of drug-likeness (QED) is 0.897. The highest BCUT2D eigenvalue weighted by Crippen LogP contribution is 2.37. The summed E-state index contributed by atoms with van der Waals surface area (Å²) in [7, 11) is 0. The summed E-state index contributed by atoms with van der Waals surface area (Å²) >= 11 is 1.90. The number of hydrogen-bond donors (Lipinski definition) is 1.